The molecule has 0 saturated heterocycles. The van der Waals surface area contributed by atoms with Crippen molar-refractivity contribution in [1.82, 2.24) is 9.97 Å². The van der Waals surface area contributed by atoms with E-state index in [1.165, 1.54) is 6.07 Å². The molecule has 6 heteroatoms. The summed E-state index contributed by atoms with van der Waals surface area (Å²) in [6.07, 6.45) is 2.91. The van der Waals surface area contributed by atoms with Crippen molar-refractivity contribution in [3.05, 3.63) is 77.9 Å². The molecule has 0 amide bonds. The maximum atomic E-state index is 12.9. The predicted molar refractivity (Wildman–Crippen MR) is 88.8 cm³/mol. The molecule has 1 aliphatic heterocycles. The zero-order chi connectivity index (χ0) is 17.4. The second-order valence-electron chi connectivity index (χ2n) is 5.74. The Hall–Kier alpha value is -3.02. The number of halogens is 3. The van der Waals surface area contributed by atoms with E-state index >= 15 is 0 Å². The molecule has 3 aromatic rings. The van der Waals surface area contributed by atoms with Gasteiger partial charge in [0, 0.05) is 47.9 Å². The van der Waals surface area contributed by atoms with Gasteiger partial charge < -0.3 is 0 Å². The molecule has 3 nitrogen and oxygen atoms in total. The van der Waals surface area contributed by atoms with Gasteiger partial charge in [-0.25, -0.2) is 0 Å². The van der Waals surface area contributed by atoms with E-state index in [1.54, 1.807) is 24.8 Å². The average Bonchev–Trinajstić information content (AvgIpc) is 3.05. The number of hydrogen-bond donors (Lipinski definition) is 0. The van der Waals surface area contributed by atoms with Crippen molar-refractivity contribution in [2.75, 3.05) is 0 Å². The molecule has 0 saturated carbocycles. The van der Waals surface area contributed by atoms with E-state index in [-0.39, 0.29) is 0 Å². The number of rotatable bonds is 2. The lowest BCUT2D eigenvalue weighted by Crippen LogP contribution is -2.05. The SMILES string of the molecule is FC(F)(F)c1ccc2c(c1)N=C(c1ccncc1-c1cccnc1)C2. The summed E-state index contributed by atoms with van der Waals surface area (Å²) < 4.78 is 38.7. The first-order valence-corrected chi connectivity index (χ1v) is 7.65. The molecular weight excluding hydrogens is 327 g/mol. The van der Waals surface area contributed by atoms with Gasteiger partial charge in [0.05, 0.1) is 17.0 Å². The average molecular weight is 339 g/mol. The van der Waals surface area contributed by atoms with Gasteiger partial charge in [-0.1, -0.05) is 12.1 Å². The first kappa shape index (κ1) is 15.5. The number of fused-ring (bicyclic) bond motifs is 1. The molecule has 0 unspecified atom stereocenters. The van der Waals surface area contributed by atoms with Gasteiger partial charge >= 0.3 is 6.18 Å². The minimum atomic E-state index is -4.37. The van der Waals surface area contributed by atoms with Crippen LogP contribution in [-0.2, 0) is 12.6 Å². The van der Waals surface area contributed by atoms with Gasteiger partial charge in [-0.15, -0.1) is 0 Å². The van der Waals surface area contributed by atoms with Crippen molar-refractivity contribution in [2.24, 2.45) is 4.99 Å². The summed E-state index contributed by atoms with van der Waals surface area (Å²) in [5.41, 5.74) is 3.82. The molecule has 0 radical (unpaired) electrons. The van der Waals surface area contributed by atoms with E-state index in [9.17, 15) is 13.2 Å². The lowest BCUT2D eigenvalue weighted by atomic mass is 9.97. The quantitative estimate of drug-likeness (QED) is 0.670. The fraction of sp³-hybridized carbons (Fsp3) is 0.105. The second kappa shape index (κ2) is 5.81. The molecule has 0 spiro atoms. The molecule has 0 atom stereocenters. The minimum absolute atomic E-state index is 0.374. The van der Waals surface area contributed by atoms with E-state index in [2.05, 4.69) is 15.0 Å². The third kappa shape index (κ3) is 2.91. The zero-order valence-corrected chi connectivity index (χ0v) is 13.0. The Morgan fingerprint density at radius 1 is 0.880 bits per heavy atom. The highest BCUT2D eigenvalue weighted by atomic mass is 19.4. The van der Waals surface area contributed by atoms with Gasteiger partial charge in [0.2, 0.25) is 0 Å². The van der Waals surface area contributed by atoms with E-state index in [0.717, 1.165) is 40.1 Å². The third-order valence-electron chi connectivity index (χ3n) is 4.13. The highest BCUT2D eigenvalue weighted by Gasteiger charge is 2.32. The number of alkyl halides is 3. The summed E-state index contributed by atoms with van der Waals surface area (Å²) in [6, 6.07) is 9.28. The number of hydrogen-bond acceptors (Lipinski definition) is 3. The van der Waals surface area contributed by atoms with Gasteiger partial charge in [-0.05, 0) is 29.8 Å². The molecule has 0 fully saturated rings. The van der Waals surface area contributed by atoms with Crippen LogP contribution in [0.3, 0.4) is 0 Å². The second-order valence-corrected chi connectivity index (χ2v) is 5.74. The monoisotopic (exact) mass is 339 g/mol. The third-order valence-corrected chi connectivity index (χ3v) is 4.13. The van der Waals surface area contributed by atoms with E-state index < -0.39 is 11.7 Å². The maximum Gasteiger partial charge on any atom is 0.416 e. The highest BCUT2D eigenvalue weighted by molar-refractivity contribution is 6.10. The highest BCUT2D eigenvalue weighted by Crippen LogP contribution is 2.37. The summed E-state index contributed by atoms with van der Waals surface area (Å²) >= 11 is 0. The molecule has 25 heavy (non-hydrogen) atoms. The van der Waals surface area contributed by atoms with Crippen LogP contribution in [0.25, 0.3) is 11.1 Å². The van der Waals surface area contributed by atoms with Crippen LogP contribution in [0.2, 0.25) is 0 Å². The Labute approximate surface area is 141 Å². The van der Waals surface area contributed by atoms with Crippen LogP contribution >= 0.6 is 0 Å². The Balaban J connectivity index is 1.77. The fourth-order valence-electron chi connectivity index (χ4n) is 2.91. The number of aromatic nitrogens is 2. The molecule has 1 aliphatic rings. The van der Waals surface area contributed by atoms with Crippen LogP contribution in [0.1, 0.15) is 16.7 Å². The topological polar surface area (TPSA) is 38.1 Å². The van der Waals surface area contributed by atoms with Crippen LogP contribution in [0.4, 0.5) is 18.9 Å². The van der Waals surface area contributed by atoms with Gasteiger partial charge in [-0.3, -0.25) is 15.0 Å². The standard InChI is InChI=1S/C19H12F3N3/c20-19(21,22)14-4-3-12-8-18(25-17(12)9-14)15-5-7-24-11-16(15)13-2-1-6-23-10-13/h1-7,9-11H,8H2. The zero-order valence-electron chi connectivity index (χ0n) is 13.0. The predicted octanol–water partition coefficient (Wildman–Crippen LogP) is 4.84. The normalized spacial score (nSPS) is 13.5. The van der Waals surface area contributed by atoms with Gasteiger partial charge in [0.1, 0.15) is 0 Å². The largest absolute Gasteiger partial charge is 0.416 e. The van der Waals surface area contributed by atoms with Crippen LogP contribution in [0.5, 0.6) is 0 Å². The van der Waals surface area contributed by atoms with Crippen LogP contribution < -0.4 is 0 Å². The Morgan fingerprint density at radius 2 is 1.72 bits per heavy atom. The molecule has 1 aromatic carbocycles. The number of aliphatic imine (C=N–C) groups is 1. The van der Waals surface area contributed by atoms with Crippen molar-refractivity contribution >= 4 is 11.4 Å². The smallest absolute Gasteiger partial charge is 0.264 e. The molecule has 3 heterocycles. The van der Waals surface area contributed by atoms with E-state index in [1.807, 2.05) is 18.2 Å². The lowest BCUT2D eigenvalue weighted by molar-refractivity contribution is -0.137. The molecular formula is C19H12F3N3. The Bertz CT molecular complexity index is 963. The molecule has 0 bridgehead atoms. The molecule has 0 N–H and O–H groups in total. The minimum Gasteiger partial charge on any atom is -0.264 e. The van der Waals surface area contributed by atoms with Gasteiger partial charge in [0.25, 0.3) is 0 Å². The molecule has 0 aliphatic carbocycles. The van der Waals surface area contributed by atoms with Gasteiger partial charge in [0.15, 0.2) is 0 Å². The fourth-order valence-corrected chi connectivity index (χ4v) is 2.91. The van der Waals surface area contributed by atoms with Crippen LogP contribution in [-0.4, -0.2) is 15.7 Å². The lowest BCUT2D eigenvalue weighted by Gasteiger charge is -2.08. The first-order valence-electron chi connectivity index (χ1n) is 7.65. The summed E-state index contributed by atoms with van der Waals surface area (Å²) in [7, 11) is 0. The van der Waals surface area contributed by atoms with Crippen LogP contribution in [0.15, 0.2) is 66.2 Å². The van der Waals surface area contributed by atoms with Crippen molar-refractivity contribution < 1.29 is 13.2 Å². The maximum absolute atomic E-state index is 12.9. The Morgan fingerprint density at radius 3 is 2.48 bits per heavy atom. The summed E-state index contributed by atoms with van der Waals surface area (Å²) in [4.78, 5) is 12.7. The summed E-state index contributed by atoms with van der Waals surface area (Å²) in [5, 5.41) is 0. The summed E-state index contributed by atoms with van der Waals surface area (Å²) in [5.74, 6) is 0. The molecule has 124 valence electrons. The van der Waals surface area contributed by atoms with Crippen molar-refractivity contribution in [2.45, 2.75) is 12.6 Å². The van der Waals surface area contributed by atoms with Crippen molar-refractivity contribution in [3.8, 4) is 11.1 Å². The van der Waals surface area contributed by atoms with Crippen molar-refractivity contribution in [3.63, 3.8) is 0 Å². The van der Waals surface area contributed by atoms with E-state index in [0.29, 0.717) is 12.1 Å². The van der Waals surface area contributed by atoms with E-state index in [4.69, 9.17) is 0 Å². The number of pyridine rings is 2. The molecule has 2 aromatic heterocycles. The van der Waals surface area contributed by atoms with Gasteiger partial charge in [-0.2, -0.15) is 13.2 Å². The Kier molecular flexibility index (Phi) is 3.60. The number of benzene rings is 1. The van der Waals surface area contributed by atoms with Crippen LogP contribution in [0, 0.1) is 0 Å². The van der Waals surface area contributed by atoms with Crippen molar-refractivity contribution in [1.29, 1.82) is 0 Å². The number of nitrogens with zero attached hydrogens (tertiary/aromatic N) is 3. The summed E-state index contributed by atoms with van der Waals surface area (Å²) in [6.45, 7) is 0. The first-order chi connectivity index (χ1) is 12.0. The molecule has 4 rings (SSSR count).